The quantitative estimate of drug-likeness (QED) is 0.129. The zero-order valence-electron chi connectivity index (χ0n) is 67.7. The van der Waals surface area contributed by atoms with Crippen molar-refractivity contribution in [2.75, 3.05) is 0 Å². The molecule has 0 aliphatic rings. The number of aromatic nitrogens is 21. The third-order valence-corrected chi connectivity index (χ3v) is 9.73. The summed E-state index contributed by atoms with van der Waals surface area (Å²) < 4.78 is 17.3. The summed E-state index contributed by atoms with van der Waals surface area (Å²) in [6.45, 7) is 59.7. The summed E-state index contributed by atoms with van der Waals surface area (Å²) >= 11 is 1.27. The van der Waals surface area contributed by atoms with Crippen molar-refractivity contribution in [2.45, 2.75) is 208 Å². The van der Waals surface area contributed by atoms with E-state index in [1.807, 2.05) is 292 Å². The maximum absolute atomic E-state index is 3.95. The molecule has 0 fully saturated rings. The number of hydrogen-bond acceptors (Lipinski definition) is 17. The Hall–Kier alpha value is -9.31. The third kappa shape index (κ3) is 86.7. The molecule has 0 saturated heterocycles. The largest absolute Gasteiger partial charge is 0.261 e. The minimum Gasteiger partial charge on any atom is -0.261 e. The van der Waals surface area contributed by atoms with Gasteiger partial charge < -0.3 is 0 Å². The van der Waals surface area contributed by atoms with Crippen LogP contribution in [0, 0.1) is 69.2 Å². The molecule has 0 N–H and O–H groups in total. The van der Waals surface area contributed by atoms with Gasteiger partial charge in [-0.1, -0.05) is 150 Å². The van der Waals surface area contributed by atoms with E-state index in [0.29, 0.717) is 0 Å². The van der Waals surface area contributed by atoms with Crippen LogP contribution >= 0.6 is 11.7 Å². The molecule has 0 atom stereocenters. The van der Waals surface area contributed by atoms with E-state index in [0.717, 1.165) is 39.9 Å². The Bertz CT molecular complexity index is 2730. The molecule has 98 heavy (non-hydrogen) atoms. The van der Waals surface area contributed by atoms with E-state index < -0.39 is 0 Å². The Morgan fingerprint density at radius 2 is 0.929 bits per heavy atom. The second-order valence-corrected chi connectivity index (χ2v) is 16.9. The Morgan fingerprint density at radius 3 is 1.15 bits per heavy atom. The SMILES string of the molecule is CC.CC.CC.CC.CC.CC.CC.CC.CC.CC.Cc1cc[n+](C)cc1.Cc1ccc[n+](C)c1.Cc1cccc[n+]1C.Cc1cccnn1.Cc1ccncn1.Cc1cnccn1.Cc1cncnc1.Cc1ncccn1.Cc1nsnc1C.Cn1ccnn1.Cn1cncn1. The van der Waals surface area contributed by atoms with Crippen LogP contribution in [0.3, 0.4) is 0 Å². The Labute approximate surface area is 601 Å². The van der Waals surface area contributed by atoms with E-state index in [4.69, 9.17) is 0 Å². The van der Waals surface area contributed by atoms with Crippen molar-refractivity contribution in [3.8, 4) is 0 Å². The van der Waals surface area contributed by atoms with Gasteiger partial charge in [0.25, 0.3) is 0 Å². The second kappa shape index (κ2) is 94.1. The fourth-order valence-corrected chi connectivity index (χ4v) is 5.14. The summed E-state index contributed by atoms with van der Waals surface area (Å²) in [5.74, 6) is 0.822. The van der Waals surface area contributed by atoms with E-state index in [-0.39, 0.29) is 0 Å². The van der Waals surface area contributed by atoms with E-state index in [2.05, 4.69) is 135 Å². The minimum absolute atomic E-state index is 0.822. The molecule has 0 radical (unpaired) electrons. The second-order valence-electron chi connectivity index (χ2n) is 16.4. The lowest BCUT2D eigenvalue weighted by Gasteiger charge is -1.87. The Morgan fingerprint density at radius 1 is 0.367 bits per heavy atom. The summed E-state index contributed by atoms with van der Waals surface area (Å²) in [6.07, 6.45) is 35.3. The first kappa shape index (κ1) is 110. The lowest BCUT2D eigenvalue weighted by molar-refractivity contribution is -0.677. The van der Waals surface area contributed by atoms with Crippen LogP contribution in [-0.2, 0) is 35.2 Å². The summed E-state index contributed by atoms with van der Waals surface area (Å²) in [7, 11) is 9.72. The number of rotatable bonds is 0. The standard InChI is InChI=1S/3C7H10N.5C5H6N2.C4H6N2S.2C3H5N3.10C2H6/c1-7-3-5-8(2)6-4-7;1-7-4-3-5-8(2)6-7;1-7-5-3-4-6-8(7)2;1-5-2-6-4-7-3-5;1-5-4-6-2-3-7-5;1-5-2-3-6-4-7-5;1-5-6-3-2-4-7-5;1-5-3-2-4-6-7-5;1-3-4(2)6-7-5-3;1-6-3-4-2-5-6;1-6-3-2-4-5-6;10*1-2/h3*3-6H,1-2H3;5*2-4H,1H3;1-2H3;2*2-3H,1H3;10*1-2H3/q3*+1;;;;;;;;;;;;;;;;;;. The fraction of sp³-hybridized carbons (Fsp3) is 0.461. The highest BCUT2D eigenvalue weighted by Crippen LogP contribution is 1.99. The van der Waals surface area contributed by atoms with E-state index in [9.17, 15) is 0 Å². The monoisotopic (exact) mass is 1380 g/mol. The smallest absolute Gasteiger partial charge is 0.177 e. The molecule has 0 amide bonds. The van der Waals surface area contributed by atoms with Gasteiger partial charge in [-0.2, -0.15) is 24.0 Å². The maximum atomic E-state index is 3.95. The number of hydrogen-bond donors (Lipinski definition) is 0. The van der Waals surface area contributed by atoms with Gasteiger partial charge >= 0.3 is 0 Å². The van der Waals surface area contributed by atoms with Gasteiger partial charge in [0.15, 0.2) is 36.7 Å². The van der Waals surface area contributed by atoms with Crippen LogP contribution in [0.25, 0.3) is 0 Å². The average molecular weight is 1380 g/mol. The fourth-order valence-electron chi connectivity index (χ4n) is 4.59. The first-order chi connectivity index (χ1) is 47.4. The van der Waals surface area contributed by atoms with Gasteiger partial charge in [0, 0.05) is 125 Å². The lowest BCUT2D eigenvalue weighted by atomic mass is 10.3. The highest BCUT2D eigenvalue weighted by atomic mass is 32.1. The molecule has 0 aliphatic heterocycles. The summed E-state index contributed by atoms with van der Waals surface area (Å²) in [4.78, 5) is 34.3. The molecule has 11 heterocycles. The predicted octanol–water partition coefficient (Wildman–Crippen LogP) is 17.4. The van der Waals surface area contributed by atoms with Gasteiger partial charge in [-0.05, 0) is 104 Å². The summed E-state index contributed by atoms with van der Waals surface area (Å²) in [6, 6.07) is 21.9. The van der Waals surface area contributed by atoms with Crippen molar-refractivity contribution in [1.29, 1.82) is 0 Å². The normalized spacial score (nSPS) is 7.74. The molecule has 0 spiro atoms. The number of nitrogens with zero attached hydrogens (tertiary/aromatic N) is 21. The summed E-state index contributed by atoms with van der Waals surface area (Å²) in [5, 5.41) is 18.2. The zero-order chi connectivity index (χ0) is 77.6. The van der Waals surface area contributed by atoms with Gasteiger partial charge in [-0.15, -0.1) is 5.10 Å². The molecular weight excluding hydrogens is 1240 g/mol. The number of aryl methyl sites for hydroxylation is 15. The van der Waals surface area contributed by atoms with E-state index in [1.54, 1.807) is 89.9 Å². The molecule has 0 bridgehead atoms. The van der Waals surface area contributed by atoms with Crippen molar-refractivity contribution in [2.24, 2.45) is 35.2 Å². The maximum Gasteiger partial charge on any atom is 0.177 e. The molecule has 11 rings (SSSR count). The van der Waals surface area contributed by atoms with Crippen LogP contribution in [0.1, 0.15) is 195 Å². The molecular formula is C76H136N21S+3. The Balaban J connectivity index is -0.000000106. The van der Waals surface area contributed by atoms with Crippen LogP contribution in [0.15, 0.2) is 191 Å². The van der Waals surface area contributed by atoms with Crippen LogP contribution in [-0.4, -0.2) is 88.6 Å². The molecule has 21 nitrogen and oxygen atoms in total. The lowest BCUT2D eigenvalue weighted by Crippen LogP contribution is -2.30. The van der Waals surface area contributed by atoms with Crippen LogP contribution in [0.5, 0.6) is 0 Å². The van der Waals surface area contributed by atoms with E-state index in [1.165, 1.54) is 47.5 Å². The van der Waals surface area contributed by atoms with Crippen molar-refractivity contribution < 1.29 is 13.7 Å². The Kier molecular flexibility index (Phi) is 106. The van der Waals surface area contributed by atoms with Gasteiger partial charge in [0.1, 0.15) is 52.3 Å². The van der Waals surface area contributed by atoms with Crippen molar-refractivity contribution in [1.82, 2.24) is 88.6 Å². The van der Waals surface area contributed by atoms with Gasteiger partial charge in [0.2, 0.25) is 0 Å². The van der Waals surface area contributed by atoms with Gasteiger partial charge in [0.05, 0.1) is 40.7 Å². The van der Waals surface area contributed by atoms with Crippen molar-refractivity contribution in [3.05, 3.63) is 248 Å². The van der Waals surface area contributed by atoms with Gasteiger partial charge in [-0.25, -0.2) is 48.6 Å². The molecule has 0 unspecified atom stereocenters. The number of pyridine rings is 3. The molecule has 548 valence electrons. The molecule has 0 aromatic carbocycles. The average Bonchev–Trinajstić information content (AvgIpc) is 3.90. The first-order valence-corrected chi connectivity index (χ1v) is 34.9. The van der Waals surface area contributed by atoms with Gasteiger partial charge in [-0.3, -0.25) is 19.3 Å². The molecule has 0 saturated carbocycles. The highest BCUT2D eigenvalue weighted by Gasteiger charge is 1.93. The third-order valence-electron chi connectivity index (χ3n) is 9.01. The molecule has 11 aromatic heterocycles. The first-order valence-electron chi connectivity index (χ1n) is 34.2. The topological polar surface area (TPSA) is 228 Å². The highest BCUT2D eigenvalue weighted by molar-refractivity contribution is 6.99. The van der Waals surface area contributed by atoms with Crippen LogP contribution in [0.2, 0.25) is 0 Å². The van der Waals surface area contributed by atoms with Crippen LogP contribution in [0.4, 0.5) is 0 Å². The zero-order valence-corrected chi connectivity index (χ0v) is 68.5. The summed E-state index contributed by atoms with van der Waals surface area (Å²) in [5.41, 5.74) is 10.0. The van der Waals surface area contributed by atoms with Crippen LogP contribution < -0.4 is 13.7 Å². The molecule has 11 aromatic rings. The molecule has 22 heteroatoms. The minimum atomic E-state index is 0.822. The predicted molar refractivity (Wildman–Crippen MR) is 416 cm³/mol. The molecule has 0 aliphatic carbocycles. The van der Waals surface area contributed by atoms with Crippen molar-refractivity contribution in [3.63, 3.8) is 0 Å². The van der Waals surface area contributed by atoms with Crippen molar-refractivity contribution >= 4 is 11.7 Å². The van der Waals surface area contributed by atoms with E-state index >= 15 is 0 Å².